The highest BCUT2D eigenvalue weighted by Crippen LogP contribution is 2.46. The van der Waals surface area contributed by atoms with E-state index in [1.807, 2.05) is 0 Å². The van der Waals surface area contributed by atoms with Crippen LogP contribution in [-0.4, -0.2) is 7.12 Å². The van der Waals surface area contributed by atoms with Crippen LogP contribution in [0.25, 0.3) is 64.6 Å². The monoisotopic (exact) mass is 988 g/mol. The first-order chi connectivity index (χ1) is 31.9. The van der Waals surface area contributed by atoms with Crippen molar-refractivity contribution >= 4 is 77.2 Å². The van der Waals surface area contributed by atoms with E-state index in [0.29, 0.717) is 6.07 Å². The topological polar surface area (TPSA) is 18.5 Å². The van der Waals surface area contributed by atoms with Crippen LogP contribution in [0.15, 0.2) is 24.3 Å². The number of rotatable bonds is 5. The van der Waals surface area contributed by atoms with Gasteiger partial charge in [-0.05, 0) is 22.9 Å². The minimum atomic E-state index is -4.09. The van der Waals surface area contributed by atoms with Crippen molar-refractivity contribution in [2.24, 2.45) is 0 Å². The lowest BCUT2D eigenvalue weighted by molar-refractivity contribution is 0.375. The van der Waals surface area contributed by atoms with Gasteiger partial charge in [0.2, 0.25) is 11.6 Å². The summed E-state index contributed by atoms with van der Waals surface area (Å²) in [6, 6.07) is 2.25. The summed E-state index contributed by atoms with van der Waals surface area (Å²) < 4.78 is 364. The fraction of sp³-hybridized carbons (Fsp3) is 0. The smallest absolute Gasteiger partial charge is 0.519 e. The maximum absolute atomic E-state index is 16.4. The lowest BCUT2D eigenvalue weighted by atomic mass is 9.74. The van der Waals surface area contributed by atoms with Crippen LogP contribution in [0, 0.1) is 134 Å². The van der Waals surface area contributed by atoms with Crippen molar-refractivity contribution in [1.29, 1.82) is 0 Å². The summed E-state index contributed by atoms with van der Waals surface area (Å²) in [5.74, 6) is -71.1. The second kappa shape index (κ2) is 15.3. The predicted molar refractivity (Wildman–Crippen MR) is 190 cm³/mol. The van der Waals surface area contributed by atoms with Gasteiger partial charge < -0.3 is 9.31 Å². The average molecular weight is 988 g/mol. The molecule has 9 aromatic rings. The van der Waals surface area contributed by atoms with Gasteiger partial charge in [-0.25, -0.2) is 92.2 Å². The first-order valence-electron chi connectivity index (χ1n) is 17.8. The van der Waals surface area contributed by atoms with Gasteiger partial charge in [0.05, 0.1) is 59.3 Å². The third-order valence-corrected chi connectivity index (χ3v) is 10.7. The van der Waals surface area contributed by atoms with Crippen LogP contribution >= 0.6 is 0 Å². The van der Waals surface area contributed by atoms with Crippen LogP contribution in [0.3, 0.4) is 0 Å². The first-order valence-corrected chi connectivity index (χ1v) is 17.8. The zero-order chi connectivity index (χ0) is 49.8. The molecule has 0 saturated heterocycles. The molecule has 0 aliphatic rings. The Kier molecular flexibility index (Phi) is 10.3. The molecule has 0 aromatic heterocycles. The number of hydrogen-bond donors (Lipinski definition) is 0. The van der Waals surface area contributed by atoms with Crippen LogP contribution in [0.2, 0.25) is 0 Å². The van der Waals surface area contributed by atoms with E-state index in [2.05, 4.69) is 0 Å². The minimum Gasteiger partial charge on any atom is -0.519 e. The summed E-state index contributed by atoms with van der Waals surface area (Å²) >= 11 is 0. The van der Waals surface area contributed by atoms with E-state index in [1.54, 1.807) is 0 Å². The molecule has 9 aromatic carbocycles. The Morgan fingerprint density at radius 2 is 0.559 bits per heavy atom. The standard InChI is InChI=1S/C42H4BF23O2/c44-7-3-1-2-5-4-6-9(19(45)8(5)7)24(50)32(58)31(57)18(6)43(67-41-16-14(29(55)37(63)39(41)65)20(46)10-12(22(16)48)27(53)35(61)33(59)25(10)51)68-42-17-15(30(56)38(64)40(42)66)21(47)11-13(23(17)49)28(54)36(62)34(60)26(11)52/h1-4H. The molecule has 0 bridgehead atoms. The van der Waals surface area contributed by atoms with E-state index in [9.17, 15) is 30.7 Å². The summed E-state index contributed by atoms with van der Waals surface area (Å²) in [4.78, 5) is 0. The quantitative estimate of drug-likeness (QED) is 0.0562. The molecule has 0 unspecified atom stereocenters. The Labute approximate surface area is 357 Å². The third kappa shape index (κ3) is 5.83. The Morgan fingerprint density at radius 1 is 0.265 bits per heavy atom. The number of fused-ring (bicyclic) bond motifs is 6. The molecule has 0 saturated carbocycles. The van der Waals surface area contributed by atoms with Gasteiger partial charge in [0.25, 0.3) is 0 Å². The van der Waals surface area contributed by atoms with E-state index in [4.69, 9.17) is 9.31 Å². The first kappa shape index (κ1) is 45.7. The molecule has 0 aliphatic heterocycles. The maximum Gasteiger partial charge on any atom is 0.636 e. The molecule has 0 radical (unpaired) electrons. The molecular weight excluding hydrogens is 984 g/mol. The zero-order valence-electron chi connectivity index (χ0n) is 31.4. The molecule has 26 heteroatoms. The zero-order valence-corrected chi connectivity index (χ0v) is 31.4. The van der Waals surface area contributed by atoms with Crippen LogP contribution < -0.4 is 14.8 Å². The average Bonchev–Trinajstić information content (AvgIpc) is 3.30. The van der Waals surface area contributed by atoms with Crippen molar-refractivity contribution in [3.05, 3.63) is 158 Å². The molecule has 0 spiro atoms. The van der Waals surface area contributed by atoms with Crippen molar-refractivity contribution in [1.82, 2.24) is 0 Å². The third-order valence-electron chi connectivity index (χ3n) is 10.7. The highest BCUT2D eigenvalue weighted by molar-refractivity contribution is 6.66. The van der Waals surface area contributed by atoms with Crippen molar-refractivity contribution in [2.45, 2.75) is 0 Å². The largest absolute Gasteiger partial charge is 0.636 e. The minimum absolute atomic E-state index is 0.239. The molecule has 348 valence electrons. The van der Waals surface area contributed by atoms with Crippen molar-refractivity contribution in [3.8, 4) is 11.5 Å². The van der Waals surface area contributed by atoms with Crippen LogP contribution in [0.5, 0.6) is 11.5 Å². The molecule has 0 fully saturated rings. The van der Waals surface area contributed by atoms with E-state index in [0.717, 1.165) is 12.1 Å². The summed E-state index contributed by atoms with van der Waals surface area (Å²) in [5.41, 5.74) is -2.24. The number of benzene rings is 9. The molecule has 2 nitrogen and oxygen atoms in total. The normalized spacial score (nSPS) is 12.0. The molecule has 0 aliphatic carbocycles. The second-order valence-electron chi connectivity index (χ2n) is 14.2. The number of hydrogen-bond acceptors (Lipinski definition) is 2. The Morgan fingerprint density at radius 3 is 0.941 bits per heavy atom. The van der Waals surface area contributed by atoms with Gasteiger partial charge in [-0.3, -0.25) is 0 Å². The second-order valence-corrected chi connectivity index (χ2v) is 14.2. The fourth-order valence-electron chi connectivity index (χ4n) is 7.74. The molecule has 0 amide bonds. The van der Waals surface area contributed by atoms with Gasteiger partial charge in [0.1, 0.15) is 34.9 Å². The lowest BCUT2D eigenvalue weighted by Crippen LogP contribution is -2.46. The Bertz CT molecular complexity index is 3690. The maximum atomic E-state index is 16.4. The van der Waals surface area contributed by atoms with E-state index in [-0.39, 0.29) is 6.07 Å². The van der Waals surface area contributed by atoms with Crippen LogP contribution in [0.4, 0.5) is 101 Å². The van der Waals surface area contributed by atoms with E-state index >= 15 is 70.2 Å². The highest BCUT2D eigenvalue weighted by atomic mass is 19.2. The number of halogens is 23. The summed E-state index contributed by atoms with van der Waals surface area (Å²) in [5, 5.41) is -25.3. The van der Waals surface area contributed by atoms with Gasteiger partial charge in [-0.2, -0.15) is 8.78 Å². The van der Waals surface area contributed by atoms with Crippen LogP contribution in [-0.2, 0) is 0 Å². The van der Waals surface area contributed by atoms with Crippen molar-refractivity contribution < 1.29 is 110 Å². The van der Waals surface area contributed by atoms with Gasteiger partial charge in [0, 0.05) is 0 Å². The van der Waals surface area contributed by atoms with Gasteiger partial charge in [-0.1, -0.05) is 12.1 Å². The molecule has 0 atom stereocenters. The molecule has 0 heterocycles. The Hall–Kier alpha value is -7.41. The molecule has 0 N–H and O–H groups in total. The summed E-state index contributed by atoms with van der Waals surface area (Å²) in [6.07, 6.45) is 0. The fourth-order valence-corrected chi connectivity index (χ4v) is 7.74. The summed E-state index contributed by atoms with van der Waals surface area (Å²) in [7, 11) is -4.09. The SMILES string of the molecule is Fc1c(F)c(F)c2c(F)c3c(F)cccc3cc2c1B(Oc1c(F)c(F)c(F)c2c(F)c3c(F)c(F)c(F)c(F)c3c(F)c12)Oc1c(F)c(F)c(F)c2c(F)c3c(F)c(F)c(F)c(F)c3c(F)c12. The molecule has 68 heavy (non-hydrogen) atoms. The van der Waals surface area contributed by atoms with Crippen molar-refractivity contribution in [2.75, 3.05) is 0 Å². The van der Waals surface area contributed by atoms with Crippen molar-refractivity contribution in [3.63, 3.8) is 0 Å². The van der Waals surface area contributed by atoms with E-state index < -0.39 is 223 Å². The van der Waals surface area contributed by atoms with Crippen LogP contribution in [0.1, 0.15) is 0 Å². The molecular formula is C42H4BF23O2. The van der Waals surface area contributed by atoms with Gasteiger partial charge in [-0.15, -0.1) is 0 Å². The predicted octanol–water partition coefficient (Wildman–Crippen LogP) is 13.7. The van der Waals surface area contributed by atoms with Gasteiger partial charge in [0.15, 0.2) is 98.8 Å². The molecule has 9 rings (SSSR count). The van der Waals surface area contributed by atoms with E-state index in [1.165, 1.54) is 0 Å². The summed E-state index contributed by atoms with van der Waals surface area (Å²) in [6.45, 7) is 0. The van der Waals surface area contributed by atoms with Gasteiger partial charge >= 0.3 is 7.12 Å². The lowest BCUT2D eigenvalue weighted by Gasteiger charge is -2.24. The highest BCUT2D eigenvalue weighted by Gasteiger charge is 2.43. The Balaban J connectivity index is 1.48.